The Balaban J connectivity index is 1.16. The predicted octanol–water partition coefficient (Wildman–Crippen LogP) is 1.72. The lowest BCUT2D eigenvalue weighted by atomic mass is 10.2. The van der Waals surface area contributed by atoms with Crippen molar-refractivity contribution in [1.29, 1.82) is 0 Å². The number of carbonyl (C=O) groups is 2. The Morgan fingerprint density at radius 3 is 2.83 bits per heavy atom. The summed E-state index contributed by atoms with van der Waals surface area (Å²) in [5, 5.41) is 6.17. The van der Waals surface area contributed by atoms with Gasteiger partial charge in [0.2, 0.25) is 11.8 Å². The van der Waals surface area contributed by atoms with Gasteiger partial charge in [0, 0.05) is 52.2 Å². The van der Waals surface area contributed by atoms with Crippen LogP contribution in [0, 0.1) is 0 Å². The summed E-state index contributed by atoms with van der Waals surface area (Å²) in [5.41, 5.74) is 0. The number of piperazine rings is 1. The fourth-order valence-electron chi connectivity index (χ4n) is 4.18. The summed E-state index contributed by atoms with van der Waals surface area (Å²) in [6, 6.07) is 2.08. The Kier molecular flexibility index (Phi) is 7.11. The van der Waals surface area contributed by atoms with Crippen LogP contribution in [0.3, 0.4) is 0 Å². The second-order valence-corrected chi connectivity index (χ2v) is 8.89. The van der Waals surface area contributed by atoms with Gasteiger partial charge in [-0.25, -0.2) is 9.97 Å². The Morgan fingerprint density at radius 2 is 1.97 bits per heavy atom. The summed E-state index contributed by atoms with van der Waals surface area (Å²) in [7, 11) is 0. The van der Waals surface area contributed by atoms with Gasteiger partial charge in [0.25, 0.3) is 0 Å². The molecule has 2 amide bonds. The van der Waals surface area contributed by atoms with Crippen LogP contribution in [0.25, 0.3) is 10.2 Å². The number of hydrogen-bond donors (Lipinski definition) is 1. The summed E-state index contributed by atoms with van der Waals surface area (Å²) in [4.78, 5) is 40.6. The summed E-state index contributed by atoms with van der Waals surface area (Å²) in [5.74, 6) is 1.32. The first-order valence-electron chi connectivity index (χ1n) is 10.9. The minimum absolute atomic E-state index is 0.0629. The van der Waals surface area contributed by atoms with Gasteiger partial charge in [-0.05, 0) is 30.7 Å². The molecule has 162 valence electrons. The standard InChI is InChI=1S/C21H30N6O2S/c28-18(22-7-4-9-26-8-3-1-2-5-19(26)29)15-25-10-12-27(13-11-25)20-17-6-14-30-21(17)24-16-23-20/h6,14,16H,1-5,7-13,15H2,(H,22,28). The lowest BCUT2D eigenvalue weighted by Gasteiger charge is -2.35. The minimum Gasteiger partial charge on any atom is -0.355 e. The van der Waals surface area contributed by atoms with Gasteiger partial charge in [-0.3, -0.25) is 14.5 Å². The molecule has 2 aliphatic rings. The van der Waals surface area contributed by atoms with Crippen LogP contribution in [0.4, 0.5) is 5.82 Å². The topological polar surface area (TPSA) is 81.7 Å². The third kappa shape index (κ3) is 5.26. The largest absolute Gasteiger partial charge is 0.355 e. The highest BCUT2D eigenvalue weighted by Gasteiger charge is 2.22. The Bertz CT molecular complexity index is 864. The van der Waals surface area contributed by atoms with Crippen molar-refractivity contribution < 1.29 is 9.59 Å². The number of thiophene rings is 1. The van der Waals surface area contributed by atoms with Crippen LogP contribution in [0.5, 0.6) is 0 Å². The van der Waals surface area contributed by atoms with Gasteiger partial charge < -0.3 is 15.1 Å². The zero-order valence-corrected chi connectivity index (χ0v) is 18.2. The van der Waals surface area contributed by atoms with Crippen LogP contribution in [-0.4, -0.2) is 83.9 Å². The second-order valence-electron chi connectivity index (χ2n) is 7.99. The van der Waals surface area contributed by atoms with Gasteiger partial charge in [0.15, 0.2) is 0 Å². The van der Waals surface area contributed by atoms with Gasteiger partial charge in [0.05, 0.1) is 11.9 Å². The second kappa shape index (κ2) is 10.2. The molecule has 0 aliphatic carbocycles. The van der Waals surface area contributed by atoms with Crippen molar-refractivity contribution in [3.8, 4) is 0 Å². The molecule has 9 heteroatoms. The van der Waals surface area contributed by atoms with Crippen molar-refractivity contribution in [2.75, 3.05) is 57.3 Å². The van der Waals surface area contributed by atoms with Crippen molar-refractivity contribution in [3.63, 3.8) is 0 Å². The normalized spacial score (nSPS) is 18.6. The van der Waals surface area contributed by atoms with Crippen LogP contribution in [-0.2, 0) is 9.59 Å². The quantitative estimate of drug-likeness (QED) is 0.674. The number of aromatic nitrogens is 2. The Hall–Kier alpha value is -2.26. The Morgan fingerprint density at radius 1 is 1.10 bits per heavy atom. The fourth-order valence-corrected chi connectivity index (χ4v) is 4.91. The third-order valence-corrected chi connectivity index (χ3v) is 6.70. The maximum Gasteiger partial charge on any atom is 0.234 e. The van der Waals surface area contributed by atoms with E-state index in [1.165, 1.54) is 0 Å². The summed E-state index contributed by atoms with van der Waals surface area (Å²) in [6.45, 7) is 6.04. The van der Waals surface area contributed by atoms with E-state index in [2.05, 4.69) is 31.2 Å². The molecule has 8 nitrogen and oxygen atoms in total. The zero-order chi connectivity index (χ0) is 20.8. The molecule has 2 aromatic heterocycles. The molecule has 2 saturated heterocycles. The number of rotatable bonds is 7. The molecule has 0 spiro atoms. The molecule has 2 aliphatic heterocycles. The monoisotopic (exact) mass is 430 g/mol. The number of carbonyl (C=O) groups excluding carboxylic acids is 2. The molecule has 30 heavy (non-hydrogen) atoms. The molecule has 4 rings (SSSR count). The zero-order valence-electron chi connectivity index (χ0n) is 17.4. The average Bonchev–Trinajstić information content (AvgIpc) is 3.15. The van der Waals surface area contributed by atoms with Crippen LogP contribution in [0.1, 0.15) is 32.1 Å². The van der Waals surface area contributed by atoms with Gasteiger partial charge in [-0.15, -0.1) is 11.3 Å². The molecule has 2 fully saturated rings. The van der Waals surface area contributed by atoms with Crippen LogP contribution < -0.4 is 10.2 Å². The van der Waals surface area contributed by atoms with E-state index in [1.807, 2.05) is 10.3 Å². The van der Waals surface area contributed by atoms with E-state index in [9.17, 15) is 9.59 Å². The maximum atomic E-state index is 12.3. The number of likely N-dealkylation sites (tertiary alicyclic amines) is 1. The SMILES string of the molecule is O=C(CN1CCN(c2ncnc3sccc23)CC1)NCCCN1CCCCCC1=O. The number of anilines is 1. The highest BCUT2D eigenvalue weighted by Crippen LogP contribution is 2.27. The van der Waals surface area contributed by atoms with E-state index in [4.69, 9.17) is 0 Å². The number of nitrogens with zero attached hydrogens (tertiary/aromatic N) is 5. The Labute approximate surface area is 181 Å². The van der Waals surface area contributed by atoms with Crippen LogP contribution in [0.2, 0.25) is 0 Å². The molecule has 0 bridgehead atoms. The first kappa shape index (κ1) is 21.0. The lowest BCUT2D eigenvalue weighted by Crippen LogP contribution is -2.50. The van der Waals surface area contributed by atoms with Gasteiger partial charge >= 0.3 is 0 Å². The summed E-state index contributed by atoms with van der Waals surface area (Å²) >= 11 is 1.63. The summed E-state index contributed by atoms with van der Waals surface area (Å²) < 4.78 is 0. The van der Waals surface area contributed by atoms with E-state index in [0.717, 1.165) is 81.0 Å². The predicted molar refractivity (Wildman–Crippen MR) is 119 cm³/mol. The van der Waals surface area contributed by atoms with Crippen molar-refractivity contribution in [2.24, 2.45) is 0 Å². The highest BCUT2D eigenvalue weighted by atomic mass is 32.1. The molecule has 0 atom stereocenters. The summed E-state index contributed by atoms with van der Waals surface area (Å²) in [6.07, 6.45) is 6.36. The first-order valence-corrected chi connectivity index (χ1v) is 11.8. The van der Waals surface area contributed by atoms with Crippen molar-refractivity contribution in [1.82, 2.24) is 25.1 Å². The molecular formula is C21H30N6O2S. The van der Waals surface area contributed by atoms with Crippen LogP contribution in [0.15, 0.2) is 17.8 Å². The molecule has 0 saturated carbocycles. The molecule has 4 heterocycles. The van der Waals surface area contributed by atoms with Crippen LogP contribution >= 0.6 is 11.3 Å². The molecule has 0 radical (unpaired) electrons. The first-order chi connectivity index (χ1) is 14.7. The van der Waals surface area contributed by atoms with E-state index in [1.54, 1.807) is 17.7 Å². The van der Waals surface area contributed by atoms with Gasteiger partial charge in [-0.1, -0.05) is 6.42 Å². The molecule has 0 unspecified atom stereocenters. The third-order valence-electron chi connectivity index (χ3n) is 5.88. The van der Waals surface area contributed by atoms with E-state index < -0.39 is 0 Å². The van der Waals surface area contributed by atoms with Crippen molar-refractivity contribution >= 4 is 39.2 Å². The molecule has 2 aromatic rings. The molecule has 1 N–H and O–H groups in total. The average molecular weight is 431 g/mol. The highest BCUT2D eigenvalue weighted by molar-refractivity contribution is 7.16. The molecule has 0 aromatic carbocycles. The molecular weight excluding hydrogens is 400 g/mol. The number of nitrogens with one attached hydrogen (secondary N) is 1. The van der Waals surface area contributed by atoms with Gasteiger partial charge in [0.1, 0.15) is 17.0 Å². The number of hydrogen-bond acceptors (Lipinski definition) is 7. The number of fused-ring (bicyclic) bond motifs is 1. The maximum absolute atomic E-state index is 12.3. The lowest BCUT2D eigenvalue weighted by molar-refractivity contribution is -0.130. The van der Waals surface area contributed by atoms with Gasteiger partial charge in [-0.2, -0.15) is 0 Å². The number of amides is 2. The van der Waals surface area contributed by atoms with E-state index >= 15 is 0 Å². The fraction of sp³-hybridized carbons (Fsp3) is 0.619. The minimum atomic E-state index is 0.0629. The van der Waals surface area contributed by atoms with E-state index in [-0.39, 0.29) is 11.8 Å². The smallest absolute Gasteiger partial charge is 0.234 e. The van der Waals surface area contributed by atoms with Crippen molar-refractivity contribution in [2.45, 2.75) is 32.1 Å². The van der Waals surface area contributed by atoms with Crippen molar-refractivity contribution in [3.05, 3.63) is 17.8 Å². The van der Waals surface area contributed by atoms with E-state index in [0.29, 0.717) is 19.5 Å².